The van der Waals surface area contributed by atoms with Gasteiger partial charge in [0, 0.05) is 48.7 Å². The van der Waals surface area contributed by atoms with Gasteiger partial charge in [0.15, 0.2) is 0 Å². The lowest BCUT2D eigenvalue weighted by Gasteiger charge is -2.12. The lowest BCUT2D eigenvalue weighted by atomic mass is 9.92. The van der Waals surface area contributed by atoms with E-state index in [4.69, 9.17) is 26.5 Å². The molecule has 0 atom stereocenters. The molecule has 0 bridgehead atoms. The highest BCUT2D eigenvalue weighted by Crippen LogP contribution is 2.45. The van der Waals surface area contributed by atoms with Gasteiger partial charge >= 0.3 is 0 Å². The molecule has 15 rings (SSSR count). The lowest BCUT2D eigenvalue weighted by molar-refractivity contribution is 0.603. The van der Waals surface area contributed by atoms with Crippen molar-refractivity contribution >= 4 is 133 Å². The normalized spacial score (nSPS) is 12.6. The lowest BCUT2D eigenvalue weighted by Crippen LogP contribution is -1.87. The maximum absolute atomic E-state index is 6.65. The first-order valence-corrected chi connectivity index (χ1v) is 22.4. The van der Waals surface area contributed by atoms with Gasteiger partial charge in [0.05, 0.1) is 16.2 Å². The first-order valence-electron chi connectivity index (χ1n) is 22.4. The molecule has 6 aromatic heterocycles. The van der Waals surface area contributed by atoms with Crippen LogP contribution in [0.5, 0.6) is 0 Å². The van der Waals surface area contributed by atoms with Crippen molar-refractivity contribution in [3.05, 3.63) is 182 Å². The highest BCUT2D eigenvalue weighted by Gasteiger charge is 2.21. The molecule has 9 aromatic carbocycles. The van der Waals surface area contributed by atoms with E-state index in [1.807, 2.05) is 67.6 Å². The Morgan fingerprint density at radius 1 is 0.328 bits per heavy atom. The molecule has 0 amide bonds. The van der Waals surface area contributed by atoms with Gasteiger partial charge in [0.1, 0.15) is 67.2 Å². The third-order valence-electron chi connectivity index (χ3n) is 13.8. The maximum Gasteiger partial charge on any atom is 0.147 e. The minimum atomic E-state index is 0.764. The average molecular weight is 863 g/mol. The number of benzene rings is 9. The summed E-state index contributed by atoms with van der Waals surface area (Å²) in [6.07, 6.45) is 5.78. The van der Waals surface area contributed by atoms with E-state index in [0.29, 0.717) is 0 Å². The van der Waals surface area contributed by atoms with Crippen LogP contribution in [0.1, 0.15) is 18.2 Å². The third kappa shape index (κ3) is 5.09. The van der Waals surface area contributed by atoms with Crippen molar-refractivity contribution in [1.29, 1.82) is 0 Å². The zero-order valence-electron chi connectivity index (χ0n) is 35.9. The van der Waals surface area contributed by atoms with Gasteiger partial charge in [-0.15, -0.1) is 0 Å². The molecule has 0 saturated carbocycles. The molecule has 6 heteroatoms. The molecule has 0 aliphatic carbocycles. The van der Waals surface area contributed by atoms with Crippen LogP contribution in [-0.2, 0) is 0 Å². The Morgan fingerprint density at radius 2 is 0.716 bits per heavy atom. The number of rotatable bonds is 5. The molecule has 0 unspecified atom stereocenters. The summed E-state index contributed by atoms with van der Waals surface area (Å²) in [7, 11) is 0. The van der Waals surface area contributed by atoms with Gasteiger partial charge in [-0.1, -0.05) is 73.3 Å². The number of hydrogen-bond donors (Lipinski definition) is 0. The van der Waals surface area contributed by atoms with Crippen LogP contribution in [0.25, 0.3) is 166 Å². The maximum atomic E-state index is 6.65. The summed E-state index contributed by atoms with van der Waals surface area (Å²) in [6, 6.07) is 55.1. The predicted octanol–water partition coefficient (Wildman–Crippen LogP) is 18.6. The fraction of sp³-hybridized carbons (Fsp3) is 0.0164. The van der Waals surface area contributed by atoms with Crippen LogP contribution in [0.2, 0.25) is 0 Å². The Kier molecular flexibility index (Phi) is 7.21. The largest absolute Gasteiger partial charge is 0.456 e. The van der Waals surface area contributed by atoms with E-state index < -0.39 is 0 Å². The monoisotopic (exact) mass is 862 g/mol. The van der Waals surface area contributed by atoms with Crippen molar-refractivity contribution in [2.24, 2.45) is 0 Å². The molecule has 15 aromatic rings. The molecule has 0 spiro atoms. The molecule has 0 radical (unpaired) electrons. The molecule has 0 fully saturated rings. The SMILES string of the molecule is C=Cc1c(/C=C\C)oc2ccc3c4cc(-c5cc(-c6ccc7oc8c(ccc9oc%10ccccc%10c98)c7c6)cc(-c6ccc7oc8c(ccc9oc%10ccccc%10c98)c7c6)c5)ccc4oc3c12. The molecule has 6 heterocycles. The van der Waals surface area contributed by atoms with Gasteiger partial charge in [0.2, 0.25) is 0 Å². The summed E-state index contributed by atoms with van der Waals surface area (Å²) in [6.45, 7) is 6.10. The van der Waals surface area contributed by atoms with Crippen molar-refractivity contribution in [2.75, 3.05) is 0 Å². The molecule has 314 valence electrons. The Hall–Kier alpha value is -9.00. The van der Waals surface area contributed by atoms with E-state index in [9.17, 15) is 0 Å². The van der Waals surface area contributed by atoms with Crippen molar-refractivity contribution in [3.63, 3.8) is 0 Å². The standard InChI is InChI=1S/C61H34O6/c1-3-9-47-38(4-2)56-53(62-47)23-17-39-44-29-32(14-20-50(44)65-59(39)56)35-26-36(33-15-21-51-45(30-33)40-18-24-54-57(60(40)66-51)42-10-5-7-12-48(42)63-54)28-37(27-35)34-16-22-52-46(31-34)41-19-25-55-58(61(41)67-52)43-11-6-8-13-49(43)64-55/h3-31H,2H2,1H3/b9-3-. The second-order valence-corrected chi connectivity index (χ2v) is 17.5. The van der Waals surface area contributed by atoms with E-state index in [-0.39, 0.29) is 0 Å². The average Bonchev–Trinajstić information content (AvgIpc) is 4.22. The highest BCUT2D eigenvalue weighted by molar-refractivity contribution is 6.24. The van der Waals surface area contributed by atoms with Crippen LogP contribution in [0.4, 0.5) is 0 Å². The second kappa shape index (κ2) is 13.3. The summed E-state index contributed by atoms with van der Waals surface area (Å²) < 4.78 is 38.7. The van der Waals surface area contributed by atoms with Crippen molar-refractivity contribution in [2.45, 2.75) is 6.92 Å². The second-order valence-electron chi connectivity index (χ2n) is 17.5. The Morgan fingerprint density at radius 3 is 1.15 bits per heavy atom. The van der Waals surface area contributed by atoms with Crippen LogP contribution in [0.3, 0.4) is 0 Å². The molecular formula is C61H34O6. The number of allylic oxidation sites excluding steroid dienone is 1. The Bertz CT molecular complexity index is 4460. The van der Waals surface area contributed by atoms with Crippen molar-refractivity contribution < 1.29 is 26.5 Å². The van der Waals surface area contributed by atoms with Gasteiger partial charge < -0.3 is 26.5 Å². The minimum Gasteiger partial charge on any atom is -0.456 e. The number of fused-ring (bicyclic) bond motifs is 19. The van der Waals surface area contributed by atoms with Crippen LogP contribution in [-0.4, -0.2) is 0 Å². The summed E-state index contributed by atoms with van der Waals surface area (Å²) in [5.74, 6) is 0.764. The molecule has 0 N–H and O–H groups in total. The molecule has 0 saturated heterocycles. The third-order valence-corrected chi connectivity index (χ3v) is 13.8. The summed E-state index contributed by atoms with van der Waals surface area (Å²) in [5, 5.41) is 11.2. The zero-order valence-corrected chi connectivity index (χ0v) is 35.9. The van der Waals surface area contributed by atoms with Gasteiger partial charge in [-0.05, 0) is 150 Å². The van der Waals surface area contributed by atoms with Gasteiger partial charge in [-0.3, -0.25) is 0 Å². The fourth-order valence-corrected chi connectivity index (χ4v) is 10.7. The zero-order chi connectivity index (χ0) is 44.1. The number of hydrogen-bond acceptors (Lipinski definition) is 6. The topological polar surface area (TPSA) is 78.8 Å². The molecule has 67 heavy (non-hydrogen) atoms. The van der Waals surface area contributed by atoms with E-state index >= 15 is 0 Å². The minimum absolute atomic E-state index is 0.764. The van der Waals surface area contributed by atoms with Gasteiger partial charge in [-0.2, -0.15) is 0 Å². The van der Waals surface area contributed by atoms with Gasteiger partial charge in [-0.25, -0.2) is 0 Å². The van der Waals surface area contributed by atoms with Crippen LogP contribution in [0.15, 0.2) is 197 Å². The fourth-order valence-electron chi connectivity index (χ4n) is 10.7. The molecule has 6 nitrogen and oxygen atoms in total. The van der Waals surface area contributed by atoms with E-state index in [2.05, 4.69) is 122 Å². The molecule has 0 aliphatic rings. The van der Waals surface area contributed by atoms with Crippen molar-refractivity contribution in [3.8, 4) is 33.4 Å². The number of para-hydroxylation sites is 2. The first-order chi connectivity index (χ1) is 33.1. The first kappa shape index (κ1) is 36.4. The predicted molar refractivity (Wildman–Crippen MR) is 274 cm³/mol. The summed E-state index contributed by atoms with van der Waals surface area (Å²) in [5.41, 5.74) is 16.3. The van der Waals surface area contributed by atoms with E-state index in [1.165, 1.54) is 0 Å². The van der Waals surface area contributed by atoms with Crippen LogP contribution in [0, 0.1) is 0 Å². The van der Waals surface area contributed by atoms with Gasteiger partial charge in [0.25, 0.3) is 0 Å². The number of furan rings is 6. The smallest absolute Gasteiger partial charge is 0.147 e. The molecular weight excluding hydrogens is 829 g/mol. The Labute approximate surface area is 379 Å². The summed E-state index contributed by atoms with van der Waals surface area (Å²) in [4.78, 5) is 0. The van der Waals surface area contributed by atoms with E-state index in [1.54, 1.807) is 0 Å². The molecule has 0 aliphatic heterocycles. The Balaban J connectivity index is 0.942. The highest BCUT2D eigenvalue weighted by atomic mass is 16.4. The van der Waals surface area contributed by atoms with Crippen LogP contribution >= 0.6 is 0 Å². The van der Waals surface area contributed by atoms with E-state index in [0.717, 1.165) is 165 Å². The summed E-state index contributed by atoms with van der Waals surface area (Å²) >= 11 is 0. The van der Waals surface area contributed by atoms with Crippen molar-refractivity contribution in [1.82, 2.24) is 0 Å². The quantitative estimate of drug-likeness (QED) is 0.171. The van der Waals surface area contributed by atoms with Crippen LogP contribution < -0.4 is 0 Å².